The molecule has 26 heavy (non-hydrogen) atoms. The van der Waals surface area contributed by atoms with Crippen molar-refractivity contribution in [2.24, 2.45) is 0 Å². The van der Waals surface area contributed by atoms with Crippen LogP contribution in [0.25, 0.3) is 27.6 Å². The van der Waals surface area contributed by atoms with Crippen molar-refractivity contribution in [1.82, 2.24) is 28.9 Å². The Morgan fingerprint density at radius 2 is 2.04 bits per heavy atom. The van der Waals surface area contributed by atoms with Gasteiger partial charge in [-0.15, -0.1) is 0 Å². The highest BCUT2D eigenvalue weighted by molar-refractivity contribution is 6.02. The molecule has 8 nitrogen and oxygen atoms in total. The molecular formula is C18H22N6O2. The summed E-state index contributed by atoms with van der Waals surface area (Å²) < 4.78 is 10.8. The summed E-state index contributed by atoms with van der Waals surface area (Å²) in [6, 6.07) is 1.94. The van der Waals surface area contributed by atoms with E-state index in [1.165, 1.54) is 0 Å². The van der Waals surface area contributed by atoms with E-state index in [0.29, 0.717) is 25.1 Å². The lowest BCUT2D eigenvalue weighted by Gasteiger charge is -2.11. The summed E-state index contributed by atoms with van der Waals surface area (Å²) in [6.07, 6.45) is 4.18. The van der Waals surface area contributed by atoms with Crippen LogP contribution in [0.1, 0.15) is 26.0 Å². The zero-order valence-corrected chi connectivity index (χ0v) is 15.3. The zero-order chi connectivity index (χ0) is 18.3. The maximum absolute atomic E-state index is 13.1. The van der Waals surface area contributed by atoms with E-state index in [4.69, 9.17) is 4.74 Å². The van der Waals surface area contributed by atoms with Crippen LogP contribution in [0.2, 0.25) is 0 Å². The molecule has 0 aliphatic carbocycles. The van der Waals surface area contributed by atoms with Crippen LogP contribution in [0.15, 0.2) is 23.3 Å². The summed E-state index contributed by atoms with van der Waals surface area (Å²) in [4.78, 5) is 17.6. The number of hydrogen-bond donors (Lipinski definition) is 0. The van der Waals surface area contributed by atoms with Gasteiger partial charge in [-0.3, -0.25) is 9.36 Å². The Kier molecular flexibility index (Phi) is 4.20. The van der Waals surface area contributed by atoms with E-state index in [-0.39, 0.29) is 5.56 Å². The molecule has 0 unspecified atom stereocenters. The topological polar surface area (TPSA) is 79.2 Å². The molecule has 0 bridgehead atoms. The van der Waals surface area contributed by atoms with E-state index in [2.05, 4.69) is 15.2 Å². The first-order valence-corrected chi connectivity index (χ1v) is 8.96. The molecule has 0 N–H and O–H groups in total. The van der Waals surface area contributed by atoms with Gasteiger partial charge >= 0.3 is 0 Å². The first kappa shape index (κ1) is 16.7. The Balaban J connectivity index is 2.00. The quantitative estimate of drug-likeness (QED) is 0.496. The minimum absolute atomic E-state index is 0.0532. The largest absolute Gasteiger partial charge is 0.382 e. The third kappa shape index (κ3) is 2.48. The Labute approximate surface area is 150 Å². The summed E-state index contributed by atoms with van der Waals surface area (Å²) in [5, 5.41) is 10.4. The van der Waals surface area contributed by atoms with Crippen molar-refractivity contribution in [2.75, 3.05) is 13.2 Å². The summed E-state index contributed by atoms with van der Waals surface area (Å²) in [7, 11) is 0. The number of fused-ring (bicyclic) bond motifs is 5. The molecule has 0 aliphatic heterocycles. The fourth-order valence-electron chi connectivity index (χ4n) is 3.41. The minimum Gasteiger partial charge on any atom is -0.382 e. The smallest absolute Gasteiger partial charge is 0.263 e. The van der Waals surface area contributed by atoms with Gasteiger partial charge in [-0.25, -0.2) is 14.2 Å². The van der Waals surface area contributed by atoms with E-state index in [1.807, 2.05) is 36.0 Å². The van der Waals surface area contributed by atoms with Crippen molar-refractivity contribution in [3.8, 4) is 0 Å². The predicted molar refractivity (Wildman–Crippen MR) is 99.6 cm³/mol. The second kappa shape index (κ2) is 6.53. The molecule has 0 fully saturated rings. The number of ether oxygens (including phenoxy) is 1. The van der Waals surface area contributed by atoms with Crippen LogP contribution in [0.5, 0.6) is 0 Å². The normalized spacial score (nSPS) is 12.0. The molecule has 4 rings (SSSR count). The third-order valence-electron chi connectivity index (χ3n) is 4.59. The molecule has 4 heterocycles. The van der Waals surface area contributed by atoms with Crippen molar-refractivity contribution in [3.05, 3.63) is 34.5 Å². The number of pyridine rings is 1. The lowest BCUT2D eigenvalue weighted by molar-refractivity contribution is 0.141. The van der Waals surface area contributed by atoms with E-state index in [0.717, 1.165) is 40.9 Å². The van der Waals surface area contributed by atoms with Gasteiger partial charge in [-0.05, 0) is 27.2 Å². The maximum atomic E-state index is 13.1. The van der Waals surface area contributed by atoms with Crippen LogP contribution in [-0.4, -0.2) is 42.2 Å². The van der Waals surface area contributed by atoms with Crippen LogP contribution in [-0.2, 0) is 17.8 Å². The Morgan fingerprint density at radius 3 is 2.81 bits per heavy atom. The number of hydrogen-bond acceptors (Lipinski definition) is 5. The molecule has 0 amide bonds. The van der Waals surface area contributed by atoms with Crippen LogP contribution in [0.3, 0.4) is 0 Å². The van der Waals surface area contributed by atoms with Gasteiger partial charge in [-0.2, -0.15) is 10.2 Å². The summed E-state index contributed by atoms with van der Waals surface area (Å²) in [5.41, 5.74) is 3.13. The third-order valence-corrected chi connectivity index (χ3v) is 4.59. The molecular weight excluding hydrogens is 332 g/mol. The predicted octanol–water partition coefficient (Wildman–Crippen LogP) is 2.15. The second-order valence-corrected chi connectivity index (χ2v) is 6.28. The average Bonchev–Trinajstić information content (AvgIpc) is 3.23. The standard InChI is InChI=1S/C18H22N6O2/c1-4-23-17-13(11-20-23)16-14(10-19-17)18(25)22(7-6-8-26-5-2)15-9-12(3)21-24(15)16/h9-11H,4-8H2,1-3H3. The fraction of sp³-hybridized carbons (Fsp3) is 0.444. The van der Waals surface area contributed by atoms with Crippen molar-refractivity contribution in [3.63, 3.8) is 0 Å². The summed E-state index contributed by atoms with van der Waals surface area (Å²) in [6.45, 7) is 8.52. The molecule has 0 aliphatic rings. The van der Waals surface area contributed by atoms with Gasteiger partial charge in [0.25, 0.3) is 5.56 Å². The molecule has 4 aromatic rings. The monoisotopic (exact) mass is 354 g/mol. The van der Waals surface area contributed by atoms with Crippen LogP contribution in [0, 0.1) is 6.92 Å². The highest BCUT2D eigenvalue weighted by Crippen LogP contribution is 2.23. The second-order valence-electron chi connectivity index (χ2n) is 6.28. The highest BCUT2D eigenvalue weighted by Gasteiger charge is 2.17. The van der Waals surface area contributed by atoms with Crippen LogP contribution < -0.4 is 5.56 Å². The first-order valence-electron chi connectivity index (χ1n) is 8.96. The van der Waals surface area contributed by atoms with Gasteiger partial charge in [0.1, 0.15) is 5.65 Å². The van der Waals surface area contributed by atoms with Gasteiger partial charge in [0.15, 0.2) is 5.65 Å². The molecule has 0 saturated heterocycles. The number of aromatic nitrogens is 6. The molecule has 8 heteroatoms. The van der Waals surface area contributed by atoms with Crippen LogP contribution in [0.4, 0.5) is 0 Å². The van der Waals surface area contributed by atoms with Crippen molar-refractivity contribution < 1.29 is 4.74 Å². The molecule has 0 atom stereocenters. The number of nitrogens with zero attached hydrogens (tertiary/aromatic N) is 6. The van der Waals surface area contributed by atoms with Crippen LogP contribution >= 0.6 is 0 Å². The van der Waals surface area contributed by atoms with E-state index in [9.17, 15) is 4.79 Å². The van der Waals surface area contributed by atoms with Crippen molar-refractivity contribution in [2.45, 2.75) is 40.3 Å². The zero-order valence-electron chi connectivity index (χ0n) is 15.3. The maximum Gasteiger partial charge on any atom is 0.263 e. The van der Waals surface area contributed by atoms with E-state index in [1.54, 1.807) is 17.0 Å². The number of rotatable bonds is 6. The van der Waals surface area contributed by atoms with Crippen molar-refractivity contribution >= 4 is 27.6 Å². The van der Waals surface area contributed by atoms with Gasteiger partial charge < -0.3 is 4.74 Å². The SMILES string of the molecule is CCOCCCn1c(=O)c2cnc3c(cnn3CC)c2n2nc(C)cc12. The molecule has 0 saturated carbocycles. The minimum atomic E-state index is -0.0532. The molecule has 0 radical (unpaired) electrons. The molecule has 0 aromatic carbocycles. The summed E-state index contributed by atoms with van der Waals surface area (Å²) >= 11 is 0. The molecule has 0 spiro atoms. The lowest BCUT2D eigenvalue weighted by Crippen LogP contribution is -2.24. The van der Waals surface area contributed by atoms with Crippen molar-refractivity contribution in [1.29, 1.82) is 0 Å². The molecule has 136 valence electrons. The summed E-state index contributed by atoms with van der Waals surface area (Å²) in [5.74, 6) is 0. The fourth-order valence-corrected chi connectivity index (χ4v) is 3.41. The number of aryl methyl sites for hydroxylation is 3. The Morgan fingerprint density at radius 1 is 1.19 bits per heavy atom. The van der Waals surface area contributed by atoms with E-state index >= 15 is 0 Å². The van der Waals surface area contributed by atoms with Gasteiger partial charge in [0, 0.05) is 38.6 Å². The lowest BCUT2D eigenvalue weighted by atomic mass is 10.2. The Bertz CT molecular complexity index is 1150. The van der Waals surface area contributed by atoms with Gasteiger partial charge in [0.2, 0.25) is 0 Å². The highest BCUT2D eigenvalue weighted by atomic mass is 16.5. The molecule has 4 aromatic heterocycles. The van der Waals surface area contributed by atoms with E-state index < -0.39 is 0 Å². The Hall–Kier alpha value is -2.74. The average molecular weight is 354 g/mol. The first-order chi connectivity index (χ1) is 12.7. The van der Waals surface area contributed by atoms with Gasteiger partial charge in [0.05, 0.1) is 28.2 Å². The van der Waals surface area contributed by atoms with Gasteiger partial charge in [-0.1, -0.05) is 0 Å².